The second kappa shape index (κ2) is 5.62. The summed E-state index contributed by atoms with van der Waals surface area (Å²) < 4.78 is 1.46. The van der Waals surface area contributed by atoms with Crippen LogP contribution in [0.5, 0.6) is 0 Å². The maximum atomic E-state index is 4.07. The SMILES string of the molecule is [Hg][c]1cc(-c2ccncc2)ccc1-c1ccncc1. The first-order valence-corrected chi connectivity index (χ1v) is 8.86. The fourth-order valence-corrected chi connectivity index (χ4v) is 4.24. The molecule has 0 N–H and O–H groups in total. The number of rotatable bonds is 2. The fourth-order valence-electron chi connectivity index (χ4n) is 2.13. The first-order valence-electron chi connectivity index (χ1n) is 6.11. The number of benzene rings is 1. The van der Waals surface area contributed by atoms with E-state index in [9.17, 15) is 0 Å². The average molecular weight is 432 g/mol. The third kappa shape index (κ3) is 2.74. The van der Waals surface area contributed by atoms with Crippen LogP contribution < -0.4 is 3.07 Å². The van der Waals surface area contributed by atoms with Gasteiger partial charge in [0, 0.05) is 0 Å². The van der Waals surface area contributed by atoms with Crippen LogP contribution >= 0.6 is 0 Å². The van der Waals surface area contributed by atoms with E-state index in [1.165, 1.54) is 25.3 Å². The van der Waals surface area contributed by atoms with Crippen molar-refractivity contribution in [2.24, 2.45) is 0 Å². The van der Waals surface area contributed by atoms with E-state index in [2.05, 4.69) is 52.4 Å². The summed E-state index contributed by atoms with van der Waals surface area (Å²) in [5, 5.41) is 0. The summed E-state index contributed by atoms with van der Waals surface area (Å²) in [6, 6.07) is 14.9. The first-order chi connectivity index (χ1) is 9.34. The number of nitrogens with zero attached hydrogens (tertiary/aromatic N) is 2. The number of hydrogen-bond donors (Lipinski definition) is 0. The van der Waals surface area contributed by atoms with Crippen molar-refractivity contribution in [1.29, 1.82) is 0 Å². The van der Waals surface area contributed by atoms with Crippen LogP contribution in [-0.4, -0.2) is 9.97 Å². The molecule has 0 unspecified atom stereocenters. The van der Waals surface area contributed by atoms with Gasteiger partial charge in [-0.05, 0) is 0 Å². The van der Waals surface area contributed by atoms with Crippen LogP contribution in [0.2, 0.25) is 0 Å². The molecule has 3 rings (SSSR count). The van der Waals surface area contributed by atoms with E-state index in [1.54, 1.807) is 0 Å². The van der Waals surface area contributed by atoms with Gasteiger partial charge < -0.3 is 0 Å². The van der Waals surface area contributed by atoms with Crippen LogP contribution in [0.25, 0.3) is 22.3 Å². The molecule has 0 saturated carbocycles. The minimum atomic E-state index is 0.578. The van der Waals surface area contributed by atoms with Gasteiger partial charge in [-0.25, -0.2) is 0 Å². The predicted molar refractivity (Wildman–Crippen MR) is 72.5 cm³/mol. The van der Waals surface area contributed by atoms with Crippen molar-refractivity contribution < 1.29 is 26.1 Å². The third-order valence-corrected chi connectivity index (χ3v) is 5.38. The Morgan fingerprint density at radius 1 is 0.632 bits per heavy atom. The van der Waals surface area contributed by atoms with Crippen molar-refractivity contribution in [3.05, 3.63) is 67.3 Å². The van der Waals surface area contributed by atoms with E-state index in [1.807, 2.05) is 24.8 Å². The number of aromatic nitrogens is 2. The van der Waals surface area contributed by atoms with Gasteiger partial charge in [-0.15, -0.1) is 0 Å². The van der Waals surface area contributed by atoms with Gasteiger partial charge in [-0.1, -0.05) is 0 Å². The molecular weight excluding hydrogens is 421 g/mol. The van der Waals surface area contributed by atoms with Crippen LogP contribution in [0, 0.1) is 0 Å². The van der Waals surface area contributed by atoms with E-state index in [4.69, 9.17) is 0 Å². The van der Waals surface area contributed by atoms with E-state index in [-0.39, 0.29) is 0 Å². The standard InChI is InChI=1S/C16H11N2.Hg/c1-2-14(16-7-11-18-12-8-16)4-3-13(1)15-5-9-17-10-6-15;/h1-3,5-12H;. The Morgan fingerprint density at radius 3 is 1.79 bits per heavy atom. The quantitative estimate of drug-likeness (QED) is 0.583. The van der Waals surface area contributed by atoms with Crippen LogP contribution in [0.3, 0.4) is 0 Å². The summed E-state index contributed by atoms with van der Waals surface area (Å²) >= 11 is 0.578. The molecule has 0 bridgehead atoms. The normalized spacial score (nSPS) is 10.4. The molecule has 0 radical (unpaired) electrons. The molecule has 3 heteroatoms. The summed E-state index contributed by atoms with van der Waals surface area (Å²) in [6.07, 6.45) is 7.37. The zero-order valence-electron chi connectivity index (χ0n) is 10.5. The van der Waals surface area contributed by atoms with E-state index >= 15 is 0 Å². The van der Waals surface area contributed by atoms with Gasteiger partial charge in [0.1, 0.15) is 0 Å². The van der Waals surface area contributed by atoms with Gasteiger partial charge in [-0.2, -0.15) is 0 Å². The molecule has 0 aliphatic carbocycles. The zero-order chi connectivity index (χ0) is 13.1. The number of pyridine rings is 2. The zero-order valence-corrected chi connectivity index (χ0v) is 16.0. The first kappa shape index (κ1) is 12.5. The summed E-state index contributed by atoms with van der Waals surface area (Å²) in [5.74, 6) is 0. The summed E-state index contributed by atoms with van der Waals surface area (Å²) in [5.41, 5.74) is 5.08. The van der Waals surface area contributed by atoms with Crippen LogP contribution in [0.4, 0.5) is 0 Å². The van der Waals surface area contributed by atoms with Gasteiger partial charge >= 0.3 is 129 Å². The van der Waals surface area contributed by atoms with Crippen LogP contribution in [-0.2, 0) is 26.1 Å². The Balaban J connectivity index is 2.04. The molecule has 3 aromatic rings. The van der Waals surface area contributed by atoms with Gasteiger partial charge in [-0.3, -0.25) is 0 Å². The van der Waals surface area contributed by atoms with Crippen molar-refractivity contribution in [3.8, 4) is 22.3 Å². The van der Waals surface area contributed by atoms with Gasteiger partial charge in [0.25, 0.3) is 0 Å². The molecule has 0 saturated heterocycles. The second-order valence-corrected chi connectivity index (χ2v) is 7.31. The molecule has 0 spiro atoms. The molecule has 2 heterocycles. The average Bonchev–Trinajstić information content (AvgIpc) is 2.49. The molecule has 19 heavy (non-hydrogen) atoms. The molecule has 2 aromatic heterocycles. The molecule has 0 fully saturated rings. The monoisotopic (exact) mass is 433 g/mol. The molecule has 0 aliphatic rings. The second-order valence-electron chi connectivity index (χ2n) is 4.34. The van der Waals surface area contributed by atoms with Crippen molar-refractivity contribution >= 4 is 3.07 Å². The Hall–Kier alpha value is -1.54. The van der Waals surface area contributed by atoms with Crippen molar-refractivity contribution in [2.45, 2.75) is 0 Å². The third-order valence-electron chi connectivity index (χ3n) is 3.11. The molecule has 0 aliphatic heterocycles. The predicted octanol–water partition coefficient (Wildman–Crippen LogP) is 2.98. The topological polar surface area (TPSA) is 25.8 Å². The van der Waals surface area contributed by atoms with E-state index in [0.717, 1.165) is 0 Å². The van der Waals surface area contributed by atoms with Crippen LogP contribution in [0.15, 0.2) is 67.3 Å². The fraction of sp³-hybridized carbons (Fsp3) is 0. The van der Waals surface area contributed by atoms with Crippen LogP contribution in [0.1, 0.15) is 0 Å². The Kier molecular flexibility index (Phi) is 3.69. The van der Waals surface area contributed by atoms with Gasteiger partial charge in [0.2, 0.25) is 0 Å². The Morgan fingerprint density at radius 2 is 1.21 bits per heavy atom. The minimum absolute atomic E-state index is 0.578. The molecule has 0 amide bonds. The van der Waals surface area contributed by atoms with Crippen molar-refractivity contribution in [1.82, 2.24) is 9.97 Å². The number of hydrogen-bond acceptors (Lipinski definition) is 2. The van der Waals surface area contributed by atoms with E-state index in [0.29, 0.717) is 26.1 Å². The van der Waals surface area contributed by atoms with Crippen molar-refractivity contribution in [3.63, 3.8) is 0 Å². The van der Waals surface area contributed by atoms with E-state index < -0.39 is 0 Å². The van der Waals surface area contributed by atoms with Gasteiger partial charge in [0.05, 0.1) is 0 Å². The summed E-state index contributed by atoms with van der Waals surface area (Å²) in [7, 11) is 0. The molecule has 87 valence electrons. The Bertz CT molecular complexity index is 682. The Labute approximate surface area is 128 Å². The maximum absolute atomic E-state index is 4.07. The summed E-state index contributed by atoms with van der Waals surface area (Å²) in [4.78, 5) is 8.14. The molecule has 1 aromatic carbocycles. The molecule has 0 atom stereocenters. The summed E-state index contributed by atoms with van der Waals surface area (Å²) in [6.45, 7) is 0. The van der Waals surface area contributed by atoms with Gasteiger partial charge in [0.15, 0.2) is 0 Å². The molecular formula is C16H11HgN2. The van der Waals surface area contributed by atoms with Crippen molar-refractivity contribution in [2.75, 3.05) is 0 Å². The molecule has 2 nitrogen and oxygen atoms in total.